The lowest BCUT2D eigenvalue weighted by molar-refractivity contribution is 0.400. The summed E-state index contributed by atoms with van der Waals surface area (Å²) in [6.07, 6.45) is 1.48. The number of benzene rings is 1. The zero-order valence-electron chi connectivity index (χ0n) is 15.6. The van der Waals surface area contributed by atoms with Crippen LogP contribution in [0.5, 0.6) is 0 Å². The lowest BCUT2D eigenvalue weighted by atomic mass is 10.3. The van der Waals surface area contributed by atoms with Gasteiger partial charge in [-0.2, -0.15) is 4.98 Å². The summed E-state index contributed by atoms with van der Waals surface area (Å²) >= 11 is 0. The number of rotatable bonds is 6. The summed E-state index contributed by atoms with van der Waals surface area (Å²) in [7, 11) is -3.79. The lowest BCUT2D eigenvalue weighted by Gasteiger charge is -2.08. The molecule has 0 bridgehead atoms. The molecule has 0 unspecified atom stereocenters. The Kier molecular flexibility index (Phi) is 4.79. The van der Waals surface area contributed by atoms with Gasteiger partial charge in [0.15, 0.2) is 17.0 Å². The van der Waals surface area contributed by atoms with Gasteiger partial charge in [0.1, 0.15) is 5.76 Å². The van der Waals surface area contributed by atoms with Crippen LogP contribution in [-0.4, -0.2) is 33.5 Å². The number of nitrogens with one attached hydrogen (secondary N) is 3. The predicted molar refractivity (Wildman–Crippen MR) is 108 cm³/mol. The normalized spacial score (nSPS) is 11.5. The number of nitrogen functional groups attached to an aromatic ring is 1. The molecular formula is C17H16N8O4S. The molecule has 0 aliphatic heterocycles. The minimum absolute atomic E-state index is 0.0316. The van der Waals surface area contributed by atoms with Crippen molar-refractivity contribution in [2.24, 2.45) is 0 Å². The van der Waals surface area contributed by atoms with E-state index in [1.165, 1.54) is 24.4 Å². The smallest absolute Gasteiger partial charge is 0.280 e. The summed E-state index contributed by atoms with van der Waals surface area (Å²) in [5.74, 6) is 0.567. The van der Waals surface area contributed by atoms with Crippen LogP contribution in [0.2, 0.25) is 0 Å². The maximum absolute atomic E-state index is 12.4. The van der Waals surface area contributed by atoms with Gasteiger partial charge in [0.2, 0.25) is 5.95 Å². The number of nitrogens with zero attached hydrogens (tertiary/aromatic N) is 4. The highest BCUT2D eigenvalue weighted by Gasteiger charge is 2.16. The van der Waals surface area contributed by atoms with Gasteiger partial charge in [-0.3, -0.25) is 14.5 Å². The number of aryl methyl sites for hydroxylation is 1. The molecule has 0 aliphatic rings. The first kappa shape index (κ1) is 19.3. The molecule has 4 aromatic rings. The first-order chi connectivity index (χ1) is 14.3. The summed E-state index contributed by atoms with van der Waals surface area (Å²) in [5, 5.41) is 6.70. The van der Waals surface area contributed by atoms with Crippen molar-refractivity contribution in [2.75, 3.05) is 15.8 Å². The van der Waals surface area contributed by atoms with Gasteiger partial charge in [0, 0.05) is 11.8 Å². The lowest BCUT2D eigenvalue weighted by Crippen LogP contribution is -2.15. The predicted octanol–water partition coefficient (Wildman–Crippen LogP) is 1.00. The standard InChI is InChI=1S/C17H16N8O4S/c1-9-6-13(24-29-9)25-30(27,28)12-4-2-10(3-5-12)19-7-11-8-20-15-14(21-11)16(26)23-17(18)22-15/h2-6,8,19H,7H2,1H3,(H,24,25)(H3,18,20,22,23,26). The fourth-order valence-corrected chi connectivity index (χ4v) is 3.60. The highest BCUT2D eigenvalue weighted by molar-refractivity contribution is 7.92. The highest BCUT2D eigenvalue weighted by Crippen LogP contribution is 2.18. The Balaban J connectivity index is 1.46. The van der Waals surface area contributed by atoms with Crippen LogP contribution < -0.4 is 21.3 Å². The largest absolute Gasteiger partial charge is 0.379 e. The molecule has 0 atom stereocenters. The van der Waals surface area contributed by atoms with Crippen LogP contribution in [0.3, 0.4) is 0 Å². The van der Waals surface area contributed by atoms with E-state index in [0.29, 0.717) is 17.1 Å². The van der Waals surface area contributed by atoms with E-state index in [1.54, 1.807) is 19.1 Å². The molecule has 30 heavy (non-hydrogen) atoms. The third-order valence-electron chi connectivity index (χ3n) is 3.99. The maximum Gasteiger partial charge on any atom is 0.280 e. The topological polar surface area (TPSA) is 182 Å². The summed E-state index contributed by atoms with van der Waals surface area (Å²) in [5.41, 5.74) is 6.40. The maximum atomic E-state index is 12.4. The van der Waals surface area contributed by atoms with E-state index in [-0.39, 0.29) is 34.4 Å². The molecule has 0 saturated heterocycles. The van der Waals surface area contributed by atoms with Crippen LogP contribution in [-0.2, 0) is 16.6 Å². The Bertz CT molecular complexity index is 1380. The number of nitrogens with two attached hydrogens (primary N) is 1. The van der Waals surface area contributed by atoms with Crippen LogP contribution in [0.1, 0.15) is 11.5 Å². The molecule has 0 spiro atoms. The summed E-state index contributed by atoms with van der Waals surface area (Å²) in [6.45, 7) is 1.92. The quantitative estimate of drug-likeness (QED) is 0.346. The second-order valence-electron chi connectivity index (χ2n) is 6.29. The summed E-state index contributed by atoms with van der Waals surface area (Å²) in [6, 6.07) is 7.58. The minimum Gasteiger partial charge on any atom is -0.379 e. The summed E-state index contributed by atoms with van der Waals surface area (Å²) in [4.78, 5) is 26.6. The van der Waals surface area contributed by atoms with Crippen molar-refractivity contribution in [1.82, 2.24) is 25.1 Å². The van der Waals surface area contributed by atoms with E-state index < -0.39 is 15.6 Å². The van der Waals surface area contributed by atoms with E-state index in [1.807, 2.05) is 0 Å². The monoisotopic (exact) mass is 428 g/mol. The first-order valence-corrected chi connectivity index (χ1v) is 10.1. The van der Waals surface area contributed by atoms with Gasteiger partial charge in [-0.15, -0.1) is 0 Å². The number of aromatic nitrogens is 5. The number of anilines is 3. The molecule has 4 rings (SSSR count). The van der Waals surface area contributed by atoms with E-state index in [9.17, 15) is 13.2 Å². The van der Waals surface area contributed by atoms with Gasteiger partial charge < -0.3 is 15.6 Å². The molecule has 0 aliphatic carbocycles. The van der Waals surface area contributed by atoms with E-state index in [0.717, 1.165) is 0 Å². The Labute approximate surface area is 169 Å². The number of sulfonamides is 1. The molecule has 3 heterocycles. The van der Waals surface area contributed by atoms with Gasteiger partial charge in [0.05, 0.1) is 23.3 Å². The molecule has 0 radical (unpaired) electrons. The van der Waals surface area contributed by atoms with Gasteiger partial charge in [-0.1, -0.05) is 5.16 Å². The van der Waals surface area contributed by atoms with Crippen LogP contribution in [0, 0.1) is 6.92 Å². The number of aromatic amines is 1. The second-order valence-corrected chi connectivity index (χ2v) is 7.97. The molecule has 1 aromatic carbocycles. The van der Waals surface area contributed by atoms with Crippen molar-refractivity contribution < 1.29 is 12.9 Å². The SMILES string of the molecule is Cc1cc(NS(=O)(=O)c2ccc(NCc3cnc4nc(N)[nH]c(=O)c4n3)cc2)no1. The summed E-state index contributed by atoms with van der Waals surface area (Å²) < 4.78 is 32.0. The number of hydrogen-bond acceptors (Lipinski definition) is 10. The Morgan fingerprint density at radius 2 is 1.97 bits per heavy atom. The van der Waals surface area contributed by atoms with Crippen LogP contribution >= 0.6 is 0 Å². The van der Waals surface area contributed by atoms with Crippen molar-refractivity contribution >= 4 is 38.6 Å². The Morgan fingerprint density at radius 3 is 2.67 bits per heavy atom. The fraction of sp³-hybridized carbons (Fsp3) is 0.118. The molecule has 0 fully saturated rings. The number of hydrogen-bond donors (Lipinski definition) is 4. The van der Waals surface area contributed by atoms with E-state index in [2.05, 4.69) is 35.1 Å². The fourth-order valence-electron chi connectivity index (χ4n) is 2.61. The average molecular weight is 428 g/mol. The third kappa shape index (κ3) is 4.05. The Morgan fingerprint density at radius 1 is 1.20 bits per heavy atom. The zero-order valence-corrected chi connectivity index (χ0v) is 16.4. The molecule has 0 saturated carbocycles. The molecule has 5 N–H and O–H groups in total. The number of H-pyrrole nitrogens is 1. The van der Waals surface area contributed by atoms with Gasteiger partial charge >= 0.3 is 0 Å². The van der Waals surface area contributed by atoms with Crippen LogP contribution in [0.15, 0.2) is 50.7 Å². The average Bonchev–Trinajstić information content (AvgIpc) is 3.10. The zero-order chi connectivity index (χ0) is 21.3. The van der Waals surface area contributed by atoms with Gasteiger partial charge in [-0.05, 0) is 31.2 Å². The van der Waals surface area contributed by atoms with Gasteiger partial charge in [0.25, 0.3) is 15.6 Å². The van der Waals surface area contributed by atoms with E-state index >= 15 is 0 Å². The van der Waals surface area contributed by atoms with Gasteiger partial charge in [-0.25, -0.2) is 18.4 Å². The van der Waals surface area contributed by atoms with Crippen molar-refractivity contribution in [3.05, 3.63) is 58.3 Å². The molecule has 3 aromatic heterocycles. The molecule has 0 amide bonds. The molecular weight excluding hydrogens is 412 g/mol. The van der Waals surface area contributed by atoms with Crippen molar-refractivity contribution in [1.29, 1.82) is 0 Å². The van der Waals surface area contributed by atoms with Crippen LogP contribution in [0.4, 0.5) is 17.5 Å². The Hall–Kier alpha value is -4.00. The van der Waals surface area contributed by atoms with Crippen molar-refractivity contribution in [2.45, 2.75) is 18.4 Å². The minimum atomic E-state index is -3.79. The molecule has 12 nitrogen and oxygen atoms in total. The second kappa shape index (κ2) is 7.44. The van der Waals surface area contributed by atoms with E-state index in [4.69, 9.17) is 10.3 Å². The highest BCUT2D eigenvalue weighted by atomic mass is 32.2. The number of fused-ring (bicyclic) bond motifs is 1. The van der Waals surface area contributed by atoms with Crippen molar-refractivity contribution in [3.63, 3.8) is 0 Å². The molecule has 154 valence electrons. The third-order valence-corrected chi connectivity index (χ3v) is 5.36. The first-order valence-electron chi connectivity index (χ1n) is 8.62. The van der Waals surface area contributed by atoms with Crippen LogP contribution in [0.25, 0.3) is 11.2 Å². The molecule has 13 heteroatoms. The van der Waals surface area contributed by atoms with Crippen molar-refractivity contribution in [3.8, 4) is 0 Å².